The molecule has 0 fully saturated rings. The van der Waals surface area contributed by atoms with Crippen LogP contribution in [0.15, 0.2) is 54.9 Å². The molecule has 5 heteroatoms. The van der Waals surface area contributed by atoms with Gasteiger partial charge in [-0.3, -0.25) is 4.79 Å². The highest BCUT2D eigenvalue weighted by Gasteiger charge is 2.23. The van der Waals surface area contributed by atoms with E-state index in [1.165, 1.54) is 6.07 Å². The highest BCUT2D eigenvalue weighted by atomic mass is 19.1. The first-order valence-corrected chi connectivity index (χ1v) is 6.55. The minimum atomic E-state index is -0.978. The largest absolute Gasteiger partial charge is 0.481 e. The molecule has 0 amide bonds. The maximum absolute atomic E-state index is 14.1. The molecule has 1 aromatic carbocycles. The summed E-state index contributed by atoms with van der Waals surface area (Å²) in [5.41, 5.74) is 1.74. The van der Waals surface area contributed by atoms with E-state index < -0.39 is 17.7 Å². The lowest BCUT2D eigenvalue weighted by molar-refractivity contribution is -0.137. The fourth-order valence-electron chi connectivity index (χ4n) is 2.52. The average molecular weight is 284 g/mol. The van der Waals surface area contributed by atoms with E-state index in [9.17, 15) is 9.18 Å². The van der Waals surface area contributed by atoms with Crippen LogP contribution in [0, 0.1) is 5.82 Å². The summed E-state index contributed by atoms with van der Waals surface area (Å²) in [4.78, 5) is 15.4. The molecule has 2 aromatic heterocycles. The number of pyridine rings is 1. The SMILES string of the molecule is O=C(O)C[C@@H](c1ccccc1F)c1cnc2ccccn12. The lowest BCUT2D eigenvalue weighted by Crippen LogP contribution is -2.11. The van der Waals surface area contributed by atoms with E-state index in [4.69, 9.17) is 5.11 Å². The molecule has 3 rings (SSSR count). The number of hydrogen-bond acceptors (Lipinski definition) is 2. The van der Waals surface area contributed by atoms with Gasteiger partial charge in [0.05, 0.1) is 12.1 Å². The first-order valence-electron chi connectivity index (χ1n) is 6.55. The van der Waals surface area contributed by atoms with Crippen molar-refractivity contribution in [1.29, 1.82) is 0 Å². The lowest BCUT2D eigenvalue weighted by Gasteiger charge is -2.16. The Morgan fingerprint density at radius 2 is 2.00 bits per heavy atom. The van der Waals surface area contributed by atoms with E-state index in [0.29, 0.717) is 16.9 Å². The Bertz CT molecular complexity index is 798. The second kappa shape index (κ2) is 5.36. The maximum atomic E-state index is 14.1. The molecular weight excluding hydrogens is 271 g/mol. The van der Waals surface area contributed by atoms with Gasteiger partial charge in [0, 0.05) is 18.3 Å². The van der Waals surface area contributed by atoms with Gasteiger partial charge in [-0.1, -0.05) is 24.3 Å². The molecule has 0 aliphatic heterocycles. The Morgan fingerprint density at radius 1 is 1.24 bits per heavy atom. The van der Waals surface area contributed by atoms with Crippen LogP contribution < -0.4 is 0 Å². The number of hydrogen-bond donors (Lipinski definition) is 1. The van der Waals surface area contributed by atoms with Crippen LogP contribution >= 0.6 is 0 Å². The van der Waals surface area contributed by atoms with Crippen molar-refractivity contribution in [3.63, 3.8) is 0 Å². The van der Waals surface area contributed by atoms with Crippen LogP contribution in [0.5, 0.6) is 0 Å². The highest BCUT2D eigenvalue weighted by molar-refractivity contribution is 5.69. The van der Waals surface area contributed by atoms with Crippen molar-refractivity contribution in [3.8, 4) is 0 Å². The van der Waals surface area contributed by atoms with Crippen molar-refractivity contribution in [1.82, 2.24) is 9.38 Å². The van der Waals surface area contributed by atoms with Crippen molar-refractivity contribution in [3.05, 3.63) is 71.9 Å². The zero-order valence-electron chi connectivity index (χ0n) is 11.1. The van der Waals surface area contributed by atoms with Crippen LogP contribution in [0.3, 0.4) is 0 Å². The van der Waals surface area contributed by atoms with Gasteiger partial charge in [-0.05, 0) is 23.8 Å². The third kappa shape index (κ3) is 2.50. The third-order valence-corrected chi connectivity index (χ3v) is 3.46. The highest BCUT2D eigenvalue weighted by Crippen LogP contribution is 2.30. The summed E-state index contributed by atoms with van der Waals surface area (Å²) in [6.45, 7) is 0. The predicted octanol–water partition coefficient (Wildman–Crippen LogP) is 3.08. The predicted molar refractivity (Wildman–Crippen MR) is 75.7 cm³/mol. The van der Waals surface area contributed by atoms with E-state index in [2.05, 4.69) is 4.98 Å². The van der Waals surface area contributed by atoms with Gasteiger partial charge in [-0.2, -0.15) is 0 Å². The molecule has 4 nitrogen and oxygen atoms in total. The van der Waals surface area contributed by atoms with Crippen LogP contribution in [-0.4, -0.2) is 20.5 Å². The maximum Gasteiger partial charge on any atom is 0.304 e. The second-order valence-corrected chi connectivity index (χ2v) is 4.78. The molecule has 0 bridgehead atoms. The number of nitrogens with zero attached hydrogens (tertiary/aromatic N) is 2. The van der Waals surface area contributed by atoms with Crippen LogP contribution in [-0.2, 0) is 4.79 Å². The number of fused-ring (bicyclic) bond motifs is 1. The van der Waals surface area contributed by atoms with Crippen molar-refractivity contribution in [2.75, 3.05) is 0 Å². The average Bonchev–Trinajstić information content (AvgIpc) is 2.89. The third-order valence-electron chi connectivity index (χ3n) is 3.46. The summed E-state index contributed by atoms with van der Waals surface area (Å²) in [5, 5.41) is 9.15. The molecule has 1 atom stereocenters. The van der Waals surface area contributed by atoms with Gasteiger partial charge in [0.15, 0.2) is 0 Å². The smallest absolute Gasteiger partial charge is 0.304 e. The van der Waals surface area contributed by atoms with Crippen LogP contribution in [0.4, 0.5) is 4.39 Å². The van der Waals surface area contributed by atoms with E-state index in [-0.39, 0.29) is 6.42 Å². The Balaban J connectivity index is 2.16. The minimum absolute atomic E-state index is 0.191. The van der Waals surface area contributed by atoms with E-state index in [0.717, 1.165) is 0 Å². The molecule has 2 heterocycles. The number of aromatic nitrogens is 2. The number of benzene rings is 1. The Labute approximate surface area is 120 Å². The van der Waals surface area contributed by atoms with Crippen LogP contribution in [0.1, 0.15) is 23.6 Å². The number of carboxylic acid groups (broad SMARTS) is 1. The number of carboxylic acids is 1. The normalized spacial score (nSPS) is 12.4. The van der Waals surface area contributed by atoms with Gasteiger partial charge in [0.25, 0.3) is 0 Å². The topological polar surface area (TPSA) is 54.6 Å². The fourth-order valence-corrected chi connectivity index (χ4v) is 2.52. The van der Waals surface area contributed by atoms with Gasteiger partial charge in [0.2, 0.25) is 0 Å². The fraction of sp³-hybridized carbons (Fsp3) is 0.125. The van der Waals surface area contributed by atoms with Crippen molar-refractivity contribution >= 4 is 11.6 Å². The van der Waals surface area contributed by atoms with Gasteiger partial charge in [-0.25, -0.2) is 9.37 Å². The van der Waals surface area contributed by atoms with E-state index >= 15 is 0 Å². The molecule has 3 aromatic rings. The summed E-state index contributed by atoms with van der Waals surface area (Å²) in [7, 11) is 0. The molecule has 0 unspecified atom stereocenters. The molecule has 0 spiro atoms. The lowest BCUT2D eigenvalue weighted by atomic mass is 9.92. The number of imidazole rings is 1. The minimum Gasteiger partial charge on any atom is -0.481 e. The van der Waals surface area contributed by atoms with Gasteiger partial charge in [-0.15, -0.1) is 0 Å². The number of carbonyl (C=O) groups is 1. The van der Waals surface area contributed by atoms with Crippen molar-refractivity contribution < 1.29 is 14.3 Å². The van der Waals surface area contributed by atoms with E-state index in [1.807, 2.05) is 18.2 Å². The Morgan fingerprint density at radius 3 is 2.76 bits per heavy atom. The number of rotatable bonds is 4. The van der Waals surface area contributed by atoms with Crippen LogP contribution in [0.2, 0.25) is 0 Å². The molecule has 0 aliphatic rings. The van der Waals surface area contributed by atoms with Gasteiger partial charge >= 0.3 is 5.97 Å². The Kier molecular flexibility index (Phi) is 3.39. The summed E-state index contributed by atoms with van der Waals surface area (Å²) in [5.74, 6) is -1.97. The van der Waals surface area contributed by atoms with Crippen molar-refractivity contribution in [2.24, 2.45) is 0 Å². The van der Waals surface area contributed by atoms with Crippen molar-refractivity contribution in [2.45, 2.75) is 12.3 Å². The first kappa shape index (κ1) is 13.3. The summed E-state index contributed by atoms with van der Waals surface area (Å²) >= 11 is 0. The summed E-state index contributed by atoms with van der Waals surface area (Å²) < 4.78 is 15.9. The molecular formula is C16H13FN2O2. The molecule has 106 valence electrons. The summed E-state index contributed by atoms with van der Waals surface area (Å²) in [6, 6.07) is 11.8. The first-order chi connectivity index (χ1) is 10.2. The van der Waals surface area contributed by atoms with Crippen LogP contribution in [0.25, 0.3) is 5.65 Å². The molecule has 0 aliphatic carbocycles. The monoisotopic (exact) mass is 284 g/mol. The standard InChI is InChI=1S/C16H13FN2O2/c17-13-6-2-1-5-11(13)12(9-16(20)21)14-10-18-15-7-3-4-8-19(14)15/h1-8,10,12H,9H2,(H,20,21)/t12-/m0/s1. The van der Waals surface area contributed by atoms with Gasteiger partial charge in [0.1, 0.15) is 11.5 Å². The number of aliphatic carboxylic acids is 1. The van der Waals surface area contributed by atoms with Gasteiger partial charge < -0.3 is 9.51 Å². The molecule has 0 saturated carbocycles. The zero-order chi connectivity index (χ0) is 14.8. The molecule has 21 heavy (non-hydrogen) atoms. The molecule has 0 radical (unpaired) electrons. The summed E-state index contributed by atoms with van der Waals surface area (Å²) in [6.07, 6.45) is 3.21. The molecule has 1 N–H and O–H groups in total. The van der Waals surface area contributed by atoms with E-state index in [1.54, 1.807) is 35.0 Å². The molecule has 0 saturated heterocycles. The second-order valence-electron chi connectivity index (χ2n) is 4.78. The zero-order valence-corrected chi connectivity index (χ0v) is 11.1. The number of halogens is 1. The quantitative estimate of drug-likeness (QED) is 0.801. The Hall–Kier alpha value is -2.69.